The molecule has 1 amide bonds. The highest BCUT2D eigenvalue weighted by Gasteiger charge is 2.23. The van der Waals surface area contributed by atoms with E-state index < -0.39 is 0 Å². The minimum Gasteiger partial charge on any atom is -0.489 e. The molecule has 0 saturated heterocycles. The van der Waals surface area contributed by atoms with Gasteiger partial charge in [-0.3, -0.25) is 14.8 Å². The molecule has 0 bridgehead atoms. The van der Waals surface area contributed by atoms with E-state index in [9.17, 15) is 4.79 Å². The number of carbonyl (C=O) groups is 1. The van der Waals surface area contributed by atoms with Gasteiger partial charge in [0.2, 0.25) is 0 Å². The van der Waals surface area contributed by atoms with Gasteiger partial charge in [0.15, 0.2) is 5.69 Å². The molecule has 0 saturated carbocycles. The Labute approximate surface area is 181 Å². The molecule has 1 aromatic carbocycles. The van der Waals surface area contributed by atoms with Crippen LogP contribution >= 0.6 is 11.3 Å². The van der Waals surface area contributed by atoms with Gasteiger partial charge in [-0.25, -0.2) is 0 Å². The molecule has 1 aliphatic carbocycles. The number of amides is 1. The van der Waals surface area contributed by atoms with Crippen LogP contribution in [0.3, 0.4) is 0 Å². The molecule has 0 aliphatic heterocycles. The Morgan fingerprint density at radius 3 is 3.00 bits per heavy atom. The van der Waals surface area contributed by atoms with Crippen molar-refractivity contribution in [2.24, 2.45) is 0 Å². The normalized spacial score (nSPS) is 14.0. The summed E-state index contributed by atoms with van der Waals surface area (Å²) < 4.78 is 6.04. The number of nitrogens with one attached hydrogen (secondary N) is 2. The van der Waals surface area contributed by atoms with Gasteiger partial charge in [-0.1, -0.05) is 12.1 Å². The number of rotatable bonds is 9. The Bertz CT molecular complexity index is 983. The minimum atomic E-state index is -0.139. The van der Waals surface area contributed by atoms with Crippen LogP contribution in [0, 0.1) is 0 Å². The van der Waals surface area contributed by atoms with Crippen LogP contribution in [-0.2, 0) is 25.9 Å². The second-order valence-corrected chi connectivity index (χ2v) is 8.75. The molecule has 0 unspecified atom stereocenters. The third-order valence-corrected chi connectivity index (χ3v) is 6.02. The van der Waals surface area contributed by atoms with Gasteiger partial charge in [0.05, 0.1) is 6.54 Å². The predicted molar refractivity (Wildman–Crippen MR) is 119 cm³/mol. The summed E-state index contributed by atoms with van der Waals surface area (Å²) in [7, 11) is 2.12. The molecule has 158 valence electrons. The average molecular weight is 425 g/mol. The molecule has 30 heavy (non-hydrogen) atoms. The van der Waals surface area contributed by atoms with Crippen molar-refractivity contribution in [2.75, 3.05) is 13.6 Å². The smallest absolute Gasteiger partial charge is 0.272 e. The quantitative estimate of drug-likeness (QED) is 0.548. The Hall–Kier alpha value is -2.64. The Kier molecular flexibility index (Phi) is 6.50. The van der Waals surface area contributed by atoms with Crippen molar-refractivity contribution in [3.8, 4) is 5.75 Å². The molecular weight excluding hydrogens is 396 g/mol. The van der Waals surface area contributed by atoms with Crippen molar-refractivity contribution in [2.45, 2.75) is 45.4 Å². The highest BCUT2D eigenvalue weighted by Crippen LogP contribution is 2.22. The Balaban J connectivity index is 1.27. The first-order valence-corrected chi connectivity index (χ1v) is 11.3. The molecule has 0 spiro atoms. The van der Waals surface area contributed by atoms with Gasteiger partial charge in [-0.15, -0.1) is 0 Å². The maximum atomic E-state index is 12.5. The number of hydrogen-bond acceptors (Lipinski definition) is 5. The van der Waals surface area contributed by atoms with Crippen molar-refractivity contribution < 1.29 is 9.53 Å². The number of ether oxygens (including phenoxy) is 1. The summed E-state index contributed by atoms with van der Waals surface area (Å²) in [4.78, 5) is 14.8. The maximum absolute atomic E-state index is 12.5. The van der Waals surface area contributed by atoms with Gasteiger partial charge in [-0.05, 0) is 73.3 Å². The number of benzene rings is 1. The van der Waals surface area contributed by atoms with Gasteiger partial charge < -0.3 is 10.1 Å². The lowest BCUT2D eigenvalue weighted by molar-refractivity contribution is 0.0926. The molecule has 0 fully saturated rings. The van der Waals surface area contributed by atoms with Gasteiger partial charge in [-0.2, -0.15) is 16.4 Å². The van der Waals surface area contributed by atoms with Crippen molar-refractivity contribution >= 4 is 17.2 Å². The summed E-state index contributed by atoms with van der Waals surface area (Å²) in [6, 6.07) is 10.3. The van der Waals surface area contributed by atoms with E-state index in [1.165, 1.54) is 11.1 Å². The highest BCUT2D eigenvalue weighted by atomic mass is 32.1. The number of aryl methyl sites for hydroxylation is 1. The third kappa shape index (κ3) is 5.09. The number of hydrogen-bond donors (Lipinski definition) is 2. The van der Waals surface area contributed by atoms with E-state index in [0.717, 1.165) is 49.4 Å². The Morgan fingerprint density at radius 2 is 2.17 bits per heavy atom. The molecule has 4 rings (SSSR count). The van der Waals surface area contributed by atoms with Crippen molar-refractivity contribution in [1.82, 2.24) is 20.4 Å². The summed E-state index contributed by atoms with van der Waals surface area (Å²) >= 11 is 1.73. The van der Waals surface area contributed by atoms with Crippen LogP contribution in [-0.4, -0.2) is 40.7 Å². The lowest BCUT2D eigenvalue weighted by Crippen LogP contribution is -2.34. The van der Waals surface area contributed by atoms with E-state index >= 15 is 0 Å². The molecule has 1 aliphatic rings. The fourth-order valence-corrected chi connectivity index (χ4v) is 4.54. The monoisotopic (exact) mass is 424 g/mol. The summed E-state index contributed by atoms with van der Waals surface area (Å²) in [6.07, 6.45) is 2.85. The van der Waals surface area contributed by atoms with E-state index in [1.807, 2.05) is 19.1 Å². The standard InChI is InChI=1S/C23H28N4O2S/c1-16(12-24-23(28)22-20-7-4-8-21(20)25-26-22)29-19-6-3-5-17(11-19)13-27(2)14-18-9-10-30-15-18/h3,5-6,9-11,15-16H,4,7-8,12-14H2,1-2H3,(H,24,28)(H,25,26)/t16-/m0/s1. The number of aromatic nitrogens is 2. The number of carbonyl (C=O) groups excluding carboxylic acids is 1. The van der Waals surface area contributed by atoms with Gasteiger partial charge >= 0.3 is 0 Å². The molecule has 2 heterocycles. The predicted octanol–water partition coefficient (Wildman–Crippen LogP) is 3.79. The van der Waals surface area contributed by atoms with Crippen LogP contribution in [0.1, 0.15) is 46.2 Å². The third-order valence-electron chi connectivity index (χ3n) is 5.29. The number of thiophene rings is 1. The van der Waals surface area contributed by atoms with E-state index in [1.54, 1.807) is 11.3 Å². The fourth-order valence-electron chi connectivity index (χ4n) is 3.88. The largest absolute Gasteiger partial charge is 0.489 e. The van der Waals surface area contributed by atoms with Crippen LogP contribution in [0.2, 0.25) is 0 Å². The number of fused-ring (bicyclic) bond motifs is 1. The number of nitrogens with zero attached hydrogens (tertiary/aromatic N) is 2. The topological polar surface area (TPSA) is 70.2 Å². The minimum absolute atomic E-state index is 0.131. The van der Waals surface area contributed by atoms with E-state index in [4.69, 9.17) is 4.74 Å². The molecule has 1 atom stereocenters. The molecular formula is C23H28N4O2S. The Morgan fingerprint density at radius 1 is 1.30 bits per heavy atom. The lowest BCUT2D eigenvalue weighted by atomic mass is 10.2. The zero-order valence-corrected chi connectivity index (χ0v) is 18.3. The molecule has 0 radical (unpaired) electrons. The molecule has 3 aromatic rings. The second kappa shape index (κ2) is 9.45. The number of H-pyrrole nitrogens is 1. The first-order valence-electron chi connectivity index (χ1n) is 10.4. The average Bonchev–Trinajstić information content (AvgIpc) is 3.44. The van der Waals surface area contributed by atoms with Crippen molar-refractivity contribution in [3.63, 3.8) is 0 Å². The summed E-state index contributed by atoms with van der Waals surface area (Å²) in [5.41, 5.74) is 5.24. The van der Waals surface area contributed by atoms with Crippen LogP contribution in [0.4, 0.5) is 0 Å². The van der Waals surface area contributed by atoms with Gasteiger partial charge in [0.1, 0.15) is 11.9 Å². The van der Waals surface area contributed by atoms with Crippen molar-refractivity contribution in [1.29, 1.82) is 0 Å². The first kappa shape index (κ1) is 20.6. The molecule has 7 heteroatoms. The zero-order chi connectivity index (χ0) is 20.9. The first-order chi connectivity index (χ1) is 14.6. The maximum Gasteiger partial charge on any atom is 0.272 e. The van der Waals surface area contributed by atoms with Gasteiger partial charge in [0.25, 0.3) is 5.91 Å². The van der Waals surface area contributed by atoms with Crippen molar-refractivity contribution in [3.05, 3.63) is 69.2 Å². The van der Waals surface area contributed by atoms with Crippen LogP contribution in [0.25, 0.3) is 0 Å². The number of aromatic amines is 1. The fraction of sp³-hybridized carbons (Fsp3) is 0.391. The van der Waals surface area contributed by atoms with E-state index in [2.05, 4.69) is 56.4 Å². The zero-order valence-electron chi connectivity index (χ0n) is 17.5. The van der Waals surface area contributed by atoms with E-state index in [0.29, 0.717) is 12.2 Å². The van der Waals surface area contributed by atoms with Crippen LogP contribution in [0.15, 0.2) is 41.1 Å². The lowest BCUT2D eigenvalue weighted by Gasteiger charge is -2.18. The summed E-state index contributed by atoms with van der Waals surface area (Å²) in [6.45, 7) is 4.17. The van der Waals surface area contributed by atoms with E-state index in [-0.39, 0.29) is 12.0 Å². The second-order valence-electron chi connectivity index (χ2n) is 7.97. The highest BCUT2D eigenvalue weighted by molar-refractivity contribution is 7.07. The SMILES string of the molecule is C[C@@H](CNC(=O)c1n[nH]c2c1CCC2)Oc1cccc(CN(C)Cc2ccsc2)c1. The molecule has 6 nitrogen and oxygen atoms in total. The summed E-state index contributed by atoms with van der Waals surface area (Å²) in [5.74, 6) is 0.687. The van der Waals surface area contributed by atoms with Gasteiger partial charge in [0, 0.05) is 24.3 Å². The molecule has 2 aromatic heterocycles. The molecule has 2 N–H and O–H groups in total. The summed E-state index contributed by atoms with van der Waals surface area (Å²) in [5, 5.41) is 14.4. The van der Waals surface area contributed by atoms with Crippen LogP contribution in [0.5, 0.6) is 5.75 Å². The van der Waals surface area contributed by atoms with Crippen LogP contribution < -0.4 is 10.1 Å².